The van der Waals surface area contributed by atoms with Crippen LogP contribution in [0.5, 0.6) is 0 Å². The smallest absolute Gasteiger partial charge is 0.227 e. The number of fused-ring (bicyclic) bond motifs is 1. The van der Waals surface area contributed by atoms with E-state index >= 15 is 0 Å². The monoisotopic (exact) mass is 444 g/mol. The molecule has 2 fully saturated rings. The summed E-state index contributed by atoms with van der Waals surface area (Å²) in [7, 11) is 0. The summed E-state index contributed by atoms with van der Waals surface area (Å²) in [4.78, 5) is 30.9. The van der Waals surface area contributed by atoms with Crippen molar-refractivity contribution in [3.05, 3.63) is 16.0 Å². The third-order valence-corrected chi connectivity index (χ3v) is 7.83. The van der Waals surface area contributed by atoms with E-state index in [-0.39, 0.29) is 17.7 Å². The maximum Gasteiger partial charge on any atom is 0.227 e. The fourth-order valence-corrected chi connectivity index (χ4v) is 6.16. The van der Waals surface area contributed by atoms with E-state index in [1.165, 1.54) is 11.3 Å². The van der Waals surface area contributed by atoms with Gasteiger partial charge in [0.2, 0.25) is 11.8 Å². The van der Waals surface area contributed by atoms with Crippen LogP contribution in [0.4, 0.5) is 5.00 Å². The largest absolute Gasteiger partial charge is 0.378 e. The van der Waals surface area contributed by atoms with Crippen LogP contribution in [0, 0.1) is 17.2 Å². The van der Waals surface area contributed by atoms with Crippen LogP contribution in [0.1, 0.15) is 54.5 Å². The fraction of sp³-hybridized carbons (Fsp3) is 0.696. The third kappa shape index (κ3) is 5.46. The summed E-state index contributed by atoms with van der Waals surface area (Å²) in [5.74, 6) is 0.207. The van der Waals surface area contributed by atoms with Gasteiger partial charge in [0.05, 0.1) is 24.7 Å². The number of ether oxygens (including phenoxy) is 1. The standard InChI is InChI=1S/C23H32N4O3S/c24-15-19-18-6-2-1-3-7-20(18)31-22(19)25-21(28)8-10-26-9-4-5-17(16-26)23(29)27-11-13-30-14-12-27/h17H,1-14,16H2,(H,25,28). The highest BCUT2D eigenvalue weighted by Crippen LogP contribution is 2.37. The fourth-order valence-electron chi connectivity index (χ4n) is 4.90. The number of amides is 2. The highest BCUT2D eigenvalue weighted by atomic mass is 32.1. The summed E-state index contributed by atoms with van der Waals surface area (Å²) in [5.41, 5.74) is 1.82. The zero-order valence-electron chi connectivity index (χ0n) is 18.2. The number of anilines is 1. The quantitative estimate of drug-likeness (QED) is 0.706. The maximum absolute atomic E-state index is 12.8. The number of thiophene rings is 1. The lowest BCUT2D eigenvalue weighted by Gasteiger charge is -2.36. The number of rotatable bonds is 5. The average molecular weight is 445 g/mol. The number of nitrogens with one attached hydrogen (secondary N) is 1. The van der Waals surface area contributed by atoms with Gasteiger partial charge >= 0.3 is 0 Å². The van der Waals surface area contributed by atoms with Gasteiger partial charge in [-0.25, -0.2) is 0 Å². The van der Waals surface area contributed by atoms with E-state index in [1.807, 2.05) is 4.90 Å². The molecule has 2 saturated heterocycles. The van der Waals surface area contributed by atoms with Crippen LogP contribution in [0.3, 0.4) is 0 Å². The molecule has 168 valence electrons. The molecule has 1 unspecified atom stereocenters. The number of nitriles is 1. The van der Waals surface area contributed by atoms with Gasteiger partial charge in [-0.1, -0.05) is 6.42 Å². The predicted octanol–water partition coefficient (Wildman–Crippen LogP) is 2.79. The van der Waals surface area contributed by atoms with Gasteiger partial charge in [-0.05, 0) is 50.6 Å². The minimum Gasteiger partial charge on any atom is -0.378 e. The second-order valence-corrected chi connectivity index (χ2v) is 9.86. The van der Waals surface area contributed by atoms with Crippen molar-refractivity contribution in [1.29, 1.82) is 5.26 Å². The van der Waals surface area contributed by atoms with Crippen LogP contribution < -0.4 is 5.32 Å². The molecule has 2 amide bonds. The Bertz CT molecular complexity index is 841. The van der Waals surface area contributed by atoms with Gasteiger partial charge in [-0.2, -0.15) is 5.26 Å². The zero-order chi connectivity index (χ0) is 21.6. The van der Waals surface area contributed by atoms with Crippen LogP contribution in [0.2, 0.25) is 0 Å². The maximum atomic E-state index is 12.8. The van der Waals surface area contributed by atoms with Crippen molar-refractivity contribution >= 4 is 28.2 Å². The van der Waals surface area contributed by atoms with E-state index in [9.17, 15) is 14.9 Å². The molecule has 1 aromatic heterocycles. The summed E-state index contributed by atoms with van der Waals surface area (Å²) in [6, 6.07) is 2.33. The summed E-state index contributed by atoms with van der Waals surface area (Å²) >= 11 is 1.58. The second-order valence-electron chi connectivity index (χ2n) is 8.76. The Labute approximate surface area is 188 Å². The summed E-state index contributed by atoms with van der Waals surface area (Å²) in [6.07, 6.45) is 7.72. The van der Waals surface area contributed by atoms with Crippen molar-refractivity contribution in [3.8, 4) is 6.07 Å². The Morgan fingerprint density at radius 1 is 1.13 bits per heavy atom. The van der Waals surface area contributed by atoms with Crippen LogP contribution >= 0.6 is 11.3 Å². The Hall–Kier alpha value is -1.95. The van der Waals surface area contributed by atoms with Crippen molar-refractivity contribution in [1.82, 2.24) is 9.80 Å². The lowest BCUT2D eigenvalue weighted by Crippen LogP contribution is -2.48. The topological polar surface area (TPSA) is 85.7 Å². The molecule has 0 aromatic carbocycles. The first-order valence-corrected chi connectivity index (χ1v) is 12.4. The van der Waals surface area contributed by atoms with Crippen LogP contribution in [-0.2, 0) is 27.2 Å². The highest BCUT2D eigenvalue weighted by Gasteiger charge is 2.30. The number of aryl methyl sites for hydroxylation is 1. The lowest BCUT2D eigenvalue weighted by molar-refractivity contribution is -0.141. The summed E-state index contributed by atoms with van der Waals surface area (Å²) < 4.78 is 5.35. The van der Waals surface area contributed by atoms with E-state index < -0.39 is 0 Å². The van der Waals surface area contributed by atoms with E-state index in [2.05, 4.69) is 16.3 Å². The molecular formula is C23H32N4O3S. The minimum atomic E-state index is -0.0467. The zero-order valence-corrected chi connectivity index (χ0v) is 19.0. The molecule has 2 aliphatic heterocycles. The molecule has 1 N–H and O–H groups in total. The van der Waals surface area contributed by atoms with Crippen molar-refractivity contribution in [2.45, 2.75) is 51.4 Å². The molecule has 3 heterocycles. The van der Waals surface area contributed by atoms with Crippen LogP contribution in [0.25, 0.3) is 0 Å². The number of likely N-dealkylation sites (tertiary alicyclic amines) is 1. The first-order chi connectivity index (χ1) is 15.2. The molecular weight excluding hydrogens is 412 g/mol. The molecule has 1 atom stereocenters. The predicted molar refractivity (Wildman–Crippen MR) is 120 cm³/mol. The van der Waals surface area contributed by atoms with E-state index in [4.69, 9.17) is 4.74 Å². The Balaban J connectivity index is 1.29. The van der Waals surface area contributed by atoms with Gasteiger partial charge in [0.25, 0.3) is 0 Å². The molecule has 4 rings (SSSR count). The first kappa shape index (κ1) is 22.3. The molecule has 1 aromatic rings. The number of nitrogens with zero attached hydrogens (tertiary/aromatic N) is 3. The molecule has 3 aliphatic rings. The number of carbonyl (C=O) groups is 2. The van der Waals surface area contributed by atoms with E-state index in [0.29, 0.717) is 44.8 Å². The Morgan fingerprint density at radius 3 is 2.74 bits per heavy atom. The van der Waals surface area contributed by atoms with Gasteiger partial charge in [0.15, 0.2) is 0 Å². The first-order valence-electron chi connectivity index (χ1n) is 11.6. The van der Waals surface area contributed by atoms with Crippen LogP contribution in [-0.4, -0.2) is 67.6 Å². The molecule has 0 bridgehead atoms. The van der Waals surface area contributed by atoms with Gasteiger partial charge in [0.1, 0.15) is 11.1 Å². The highest BCUT2D eigenvalue weighted by molar-refractivity contribution is 7.16. The molecule has 7 nitrogen and oxygen atoms in total. The van der Waals surface area contributed by atoms with Crippen molar-refractivity contribution in [2.75, 3.05) is 51.3 Å². The van der Waals surface area contributed by atoms with Gasteiger partial charge in [-0.15, -0.1) is 11.3 Å². The number of carbonyl (C=O) groups excluding carboxylic acids is 2. The van der Waals surface area contributed by atoms with Crippen LogP contribution in [0.15, 0.2) is 0 Å². The van der Waals surface area contributed by atoms with Crippen molar-refractivity contribution in [3.63, 3.8) is 0 Å². The lowest BCUT2D eigenvalue weighted by atomic mass is 9.96. The Morgan fingerprint density at radius 2 is 1.94 bits per heavy atom. The molecule has 0 saturated carbocycles. The van der Waals surface area contributed by atoms with Crippen molar-refractivity contribution in [2.24, 2.45) is 5.92 Å². The normalized spacial score (nSPS) is 22.3. The molecule has 31 heavy (non-hydrogen) atoms. The number of piperidine rings is 1. The van der Waals surface area contributed by atoms with Gasteiger partial charge < -0.3 is 19.9 Å². The van der Waals surface area contributed by atoms with Gasteiger partial charge in [0, 0.05) is 37.5 Å². The molecule has 0 spiro atoms. The Kier molecular flexibility index (Phi) is 7.59. The van der Waals surface area contributed by atoms with Crippen molar-refractivity contribution < 1.29 is 14.3 Å². The minimum absolute atomic E-state index is 0.0214. The van der Waals surface area contributed by atoms with Gasteiger partial charge in [-0.3, -0.25) is 9.59 Å². The summed E-state index contributed by atoms with van der Waals surface area (Å²) in [5, 5.41) is 13.4. The average Bonchev–Trinajstić information content (AvgIpc) is 2.96. The number of hydrogen-bond donors (Lipinski definition) is 1. The second kappa shape index (κ2) is 10.6. The number of hydrogen-bond acceptors (Lipinski definition) is 6. The molecule has 1 aliphatic carbocycles. The van der Waals surface area contributed by atoms with E-state index in [0.717, 1.165) is 62.2 Å². The molecule has 8 heteroatoms. The van der Waals surface area contributed by atoms with E-state index in [1.54, 1.807) is 11.3 Å². The molecule has 0 radical (unpaired) electrons. The number of morpholine rings is 1. The third-order valence-electron chi connectivity index (χ3n) is 6.62. The summed E-state index contributed by atoms with van der Waals surface area (Å²) in [6.45, 7) is 4.91. The SMILES string of the molecule is N#Cc1c(NC(=O)CCN2CCCC(C(=O)N3CCOCC3)C2)sc2c1CCCCC2.